The van der Waals surface area contributed by atoms with Gasteiger partial charge in [-0.3, -0.25) is 0 Å². The number of nitriles is 1. The van der Waals surface area contributed by atoms with E-state index in [2.05, 4.69) is 15.9 Å². The van der Waals surface area contributed by atoms with Crippen LogP contribution in [0.5, 0.6) is 17.2 Å². The summed E-state index contributed by atoms with van der Waals surface area (Å²) in [5, 5.41) is 8.77. The summed E-state index contributed by atoms with van der Waals surface area (Å²) in [4.78, 5) is 12.1. The van der Waals surface area contributed by atoms with E-state index in [1.165, 1.54) is 0 Å². The first-order valence-corrected chi connectivity index (χ1v) is 8.27. The fourth-order valence-electron chi connectivity index (χ4n) is 2.20. The van der Waals surface area contributed by atoms with Gasteiger partial charge in [0.2, 0.25) is 6.79 Å². The highest BCUT2D eigenvalue weighted by molar-refractivity contribution is 9.10. The van der Waals surface area contributed by atoms with E-state index in [-0.39, 0.29) is 13.4 Å². The van der Waals surface area contributed by atoms with Crippen molar-refractivity contribution in [3.63, 3.8) is 0 Å². The molecule has 0 aliphatic carbocycles. The molecule has 2 aromatic carbocycles. The first-order valence-electron chi connectivity index (χ1n) is 7.48. The lowest BCUT2D eigenvalue weighted by Gasteiger charge is -2.14. The summed E-state index contributed by atoms with van der Waals surface area (Å²) in [6.45, 7) is 1.87. The van der Waals surface area contributed by atoms with Crippen LogP contribution in [0.1, 0.15) is 18.1 Å². The fraction of sp³-hybridized carbons (Fsp3) is 0.222. The minimum Gasteiger partial charge on any atom is -0.479 e. The molecule has 1 aliphatic rings. The fourth-order valence-corrected chi connectivity index (χ4v) is 2.63. The highest BCUT2D eigenvalue weighted by atomic mass is 79.9. The van der Waals surface area contributed by atoms with Crippen molar-refractivity contribution in [1.82, 2.24) is 0 Å². The molecular weight excluding hydrogens is 390 g/mol. The van der Waals surface area contributed by atoms with Crippen LogP contribution in [0, 0.1) is 11.3 Å². The maximum absolute atomic E-state index is 12.1. The standard InChI is InChI=1S/C18H14BrNO5/c1-11(25-14-4-2-12(8-20)3-5-14)18(21)22-9-13-6-16-17(7-15(13)19)24-10-23-16/h2-7,11H,9-10H2,1H3/t11-/m1/s1. The van der Waals surface area contributed by atoms with Crippen molar-refractivity contribution in [2.24, 2.45) is 0 Å². The SMILES string of the molecule is C[C@@H](Oc1ccc(C#N)cc1)C(=O)OCc1cc2c(cc1Br)OCO2. The second-order valence-electron chi connectivity index (χ2n) is 5.30. The molecule has 0 radical (unpaired) electrons. The molecule has 0 unspecified atom stereocenters. The largest absolute Gasteiger partial charge is 0.479 e. The number of fused-ring (bicyclic) bond motifs is 1. The number of esters is 1. The third kappa shape index (κ3) is 4.03. The maximum atomic E-state index is 12.1. The number of hydrogen-bond donors (Lipinski definition) is 0. The number of carbonyl (C=O) groups is 1. The Morgan fingerprint density at radius 1 is 1.28 bits per heavy atom. The Labute approximate surface area is 153 Å². The molecule has 1 atom stereocenters. The second-order valence-corrected chi connectivity index (χ2v) is 6.16. The zero-order valence-electron chi connectivity index (χ0n) is 13.3. The Morgan fingerprint density at radius 3 is 2.64 bits per heavy atom. The van der Waals surface area contributed by atoms with Crippen LogP contribution in [0.15, 0.2) is 40.9 Å². The Kier molecular flexibility index (Phi) is 5.10. The van der Waals surface area contributed by atoms with E-state index in [9.17, 15) is 4.79 Å². The first-order chi connectivity index (χ1) is 12.1. The molecule has 0 saturated heterocycles. The molecule has 3 rings (SSSR count). The quantitative estimate of drug-likeness (QED) is 0.710. The molecule has 0 amide bonds. The lowest BCUT2D eigenvalue weighted by molar-refractivity contribution is -0.152. The number of nitrogens with zero attached hydrogens (tertiary/aromatic N) is 1. The normalized spacial score (nSPS) is 13.0. The Morgan fingerprint density at radius 2 is 1.96 bits per heavy atom. The van der Waals surface area contributed by atoms with Gasteiger partial charge in [-0.2, -0.15) is 5.26 Å². The van der Waals surface area contributed by atoms with Crippen LogP contribution in [0.4, 0.5) is 0 Å². The van der Waals surface area contributed by atoms with Crippen LogP contribution in [-0.2, 0) is 16.1 Å². The van der Waals surface area contributed by atoms with Crippen molar-refractivity contribution in [2.75, 3.05) is 6.79 Å². The zero-order chi connectivity index (χ0) is 17.8. The molecule has 25 heavy (non-hydrogen) atoms. The number of rotatable bonds is 5. The summed E-state index contributed by atoms with van der Waals surface area (Å²) < 4.78 is 22.2. The minimum atomic E-state index is -0.777. The number of ether oxygens (including phenoxy) is 4. The van der Waals surface area contributed by atoms with Crippen molar-refractivity contribution in [3.05, 3.63) is 52.0 Å². The van der Waals surface area contributed by atoms with Crippen molar-refractivity contribution >= 4 is 21.9 Å². The first kappa shape index (κ1) is 17.1. The molecule has 0 bridgehead atoms. The third-order valence-corrected chi connectivity index (χ3v) is 4.28. The molecule has 0 N–H and O–H groups in total. The van der Waals surface area contributed by atoms with Crippen molar-refractivity contribution < 1.29 is 23.7 Å². The number of benzene rings is 2. The van der Waals surface area contributed by atoms with Gasteiger partial charge in [0.1, 0.15) is 12.4 Å². The van der Waals surface area contributed by atoms with E-state index in [0.29, 0.717) is 22.8 Å². The van der Waals surface area contributed by atoms with Crippen molar-refractivity contribution in [3.8, 4) is 23.3 Å². The molecule has 0 fully saturated rings. The molecule has 6 nitrogen and oxygen atoms in total. The van der Waals surface area contributed by atoms with E-state index in [1.807, 2.05) is 6.07 Å². The predicted molar refractivity (Wildman–Crippen MR) is 91.3 cm³/mol. The monoisotopic (exact) mass is 403 g/mol. The summed E-state index contributed by atoms with van der Waals surface area (Å²) in [5.74, 6) is 1.28. The van der Waals surface area contributed by atoms with Gasteiger partial charge in [0.05, 0.1) is 11.6 Å². The predicted octanol–water partition coefficient (Wildman–Crippen LogP) is 3.56. The molecule has 1 heterocycles. The van der Waals surface area contributed by atoms with Crippen LogP contribution in [0.3, 0.4) is 0 Å². The summed E-state index contributed by atoms with van der Waals surface area (Å²) in [7, 11) is 0. The smallest absolute Gasteiger partial charge is 0.347 e. The van der Waals surface area contributed by atoms with Crippen LogP contribution >= 0.6 is 15.9 Å². The number of hydrogen-bond acceptors (Lipinski definition) is 6. The highest BCUT2D eigenvalue weighted by Crippen LogP contribution is 2.37. The van der Waals surface area contributed by atoms with Crippen LogP contribution in [0.2, 0.25) is 0 Å². The average molecular weight is 404 g/mol. The lowest BCUT2D eigenvalue weighted by Crippen LogP contribution is -2.26. The third-order valence-electron chi connectivity index (χ3n) is 3.54. The summed E-state index contributed by atoms with van der Waals surface area (Å²) in [6, 6.07) is 12.1. The van der Waals surface area contributed by atoms with Gasteiger partial charge in [-0.25, -0.2) is 4.79 Å². The molecule has 128 valence electrons. The van der Waals surface area contributed by atoms with Gasteiger partial charge in [0.25, 0.3) is 0 Å². The minimum absolute atomic E-state index is 0.0805. The van der Waals surface area contributed by atoms with Gasteiger partial charge in [-0.1, -0.05) is 15.9 Å². The molecule has 0 saturated carbocycles. The van der Waals surface area contributed by atoms with Gasteiger partial charge in [0.15, 0.2) is 17.6 Å². The summed E-state index contributed by atoms with van der Waals surface area (Å²) >= 11 is 3.42. The Balaban J connectivity index is 1.57. The molecule has 7 heteroatoms. The van der Waals surface area contributed by atoms with E-state index in [0.717, 1.165) is 10.0 Å². The highest BCUT2D eigenvalue weighted by Gasteiger charge is 2.20. The summed E-state index contributed by atoms with van der Waals surface area (Å²) in [6.07, 6.45) is -0.777. The van der Waals surface area contributed by atoms with E-state index in [4.69, 9.17) is 24.2 Å². The van der Waals surface area contributed by atoms with Crippen molar-refractivity contribution in [1.29, 1.82) is 5.26 Å². The molecule has 2 aromatic rings. The Hall–Kier alpha value is -2.72. The van der Waals surface area contributed by atoms with E-state index < -0.39 is 12.1 Å². The molecule has 0 aromatic heterocycles. The zero-order valence-corrected chi connectivity index (χ0v) is 14.9. The molecule has 1 aliphatic heterocycles. The van der Waals surface area contributed by atoms with Crippen LogP contribution in [-0.4, -0.2) is 18.9 Å². The lowest BCUT2D eigenvalue weighted by atomic mass is 10.2. The summed E-state index contributed by atoms with van der Waals surface area (Å²) in [5.41, 5.74) is 1.29. The van der Waals surface area contributed by atoms with Gasteiger partial charge in [-0.05, 0) is 43.3 Å². The van der Waals surface area contributed by atoms with Gasteiger partial charge in [0, 0.05) is 10.0 Å². The van der Waals surface area contributed by atoms with E-state index >= 15 is 0 Å². The van der Waals surface area contributed by atoms with Crippen LogP contribution < -0.4 is 14.2 Å². The van der Waals surface area contributed by atoms with Crippen molar-refractivity contribution in [2.45, 2.75) is 19.6 Å². The average Bonchev–Trinajstić information content (AvgIpc) is 3.07. The van der Waals surface area contributed by atoms with Gasteiger partial charge in [-0.15, -0.1) is 0 Å². The topological polar surface area (TPSA) is 77.8 Å². The van der Waals surface area contributed by atoms with Crippen LogP contribution in [0.25, 0.3) is 0 Å². The molecule has 0 spiro atoms. The second kappa shape index (κ2) is 7.45. The van der Waals surface area contributed by atoms with Gasteiger partial charge >= 0.3 is 5.97 Å². The van der Waals surface area contributed by atoms with Gasteiger partial charge < -0.3 is 18.9 Å². The Bertz CT molecular complexity index is 829. The van der Waals surface area contributed by atoms with E-state index in [1.54, 1.807) is 43.3 Å². The molecular formula is C18H14BrNO5. The number of carbonyl (C=O) groups excluding carboxylic acids is 1. The maximum Gasteiger partial charge on any atom is 0.347 e. The number of halogens is 1.